The third kappa shape index (κ3) is 4.02. The monoisotopic (exact) mass is 412 g/mol. The second-order valence-corrected chi connectivity index (χ2v) is 10.3. The molecule has 0 bridgehead atoms. The molecule has 2 nitrogen and oxygen atoms in total. The lowest BCUT2D eigenvalue weighted by atomic mass is 10.0. The number of rotatable bonds is 5. The molecule has 1 unspecified atom stereocenters. The Labute approximate surface area is 182 Å². The molecule has 0 fully saturated rings. The lowest BCUT2D eigenvalue weighted by Gasteiger charge is -2.34. The smallest absolute Gasteiger partial charge is 0.207 e. The Hall–Kier alpha value is -2.57. The van der Waals surface area contributed by atoms with Crippen molar-refractivity contribution in [2.45, 2.75) is 26.4 Å². The maximum atomic E-state index is 3.42. The van der Waals surface area contributed by atoms with Gasteiger partial charge in [-0.1, -0.05) is 78.4 Å². The van der Waals surface area contributed by atoms with Gasteiger partial charge in [0.2, 0.25) is 6.67 Å². The van der Waals surface area contributed by atoms with E-state index in [1.165, 1.54) is 38.6 Å². The topological polar surface area (TPSA) is 6.48 Å². The van der Waals surface area contributed by atoms with Gasteiger partial charge < -0.3 is 9.80 Å². The molecule has 0 saturated carbocycles. The molecule has 3 aromatic rings. The highest BCUT2D eigenvalue weighted by atomic mass is 31.1. The van der Waals surface area contributed by atoms with Crippen molar-refractivity contribution < 1.29 is 0 Å². The van der Waals surface area contributed by atoms with Gasteiger partial charge in [-0.2, -0.15) is 0 Å². The first-order valence-corrected chi connectivity index (χ1v) is 11.8. The largest absolute Gasteiger partial charge is 0.349 e. The lowest BCUT2D eigenvalue weighted by molar-refractivity contribution is 0.429. The summed E-state index contributed by atoms with van der Waals surface area (Å²) >= 11 is 0. The maximum Gasteiger partial charge on any atom is 0.207 e. The molecule has 0 amide bonds. The van der Waals surface area contributed by atoms with Crippen molar-refractivity contribution in [1.82, 2.24) is 9.80 Å². The molecule has 0 aromatic heterocycles. The molecule has 1 aliphatic rings. The van der Waals surface area contributed by atoms with Gasteiger partial charge in [-0.05, 0) is 56.3 Å². The SMILES string of the molecule is Cc1cc(C)c(P(C2=CN(C)[C]N2C)C(c2ccccc2)c2ccccc2)c(C)c1. The number of aryl methyl sites for hydroxylation is 3. The van der Waals surface area contributed by atoms with Crippen LogP contribution in [0.3, 0.4) is 0 Å². The van der Waals surface area contributed by atoms with E-state index < -0.39 is 7.92 Å². The van der Waals surface area contributed by atoms with E-state index in [0.29, 0.717) is 0 Å². The van der Waals surface area contributed by atoms with Crippen molar-refractivity contribution in [2.75, 3.05) is 14.1 Å². The zero-order valence-electron chi connectivity index (χ0n) is 18.4. The van der Waals surface area contributed by atoms with Crippen molar-refractivity contribution in [1.29, 1.82) is 0 Å². The van der Waals surface area contributed by atoms with Crippen LogP contribution in [0.2, 0.25) is 0 Å². The van der Waals surface area contributed by atoms with Crippen molar-refractivity contribution in [2.24, 2.45) is 0 Å². The Kier molecular flexibility index (Phi) is 5.97. The molecule has 1 atom stereocenters. The molecule has 0 spiro atoms. The summed E-state index contributed by atoms with van der Waals surface area (Å²) in [6.45, 7) is 10.1. The van der Waals surface area contributed by atoms with Gasteiger partial charge >= 0.3 is 0 Å². The van der Waals surface area contributed by atoms with Gasteiger partial charge in [0.15, 0.2) is 0 Å². The molecule has 2 radical (unpaired) electrons. The Balaban J connectivity index is 1.99. The summed E-state index contributed by atoms with van der Waals surface area (Å²) < 4.78 is 0. The fraction of sp³-hybridized carbons (Fsp3) is 0.222. The fourth-order valence-corrected chi connectivity index (χ4v) is 7.74. The van der Waals surface area contributed by atoms with Crippen LogP contribution in [-0.4, -0.2) is 23.9 Å². The van der Waals surface area contributed by atoms with Crippen LogP contribution in [0.1, 0.15) is 33.5 Å². The lowest BCUT2D eigenvalue weighted by Crippen LogP contribution is -2.21. The van der Waals surface area contributed by atoms with E-state index in [9.17, 15) is 0 Å². The third-order valence-electron chi connectivity index (χ3n) is 5.57. The van der Waals surface area contributed by atoms with Gasteiger partial charge in [0.25, 0.3) is 0 Å². The molecule has 3 heteroatoms. The van der Waals surface area contributed by atoms with Crippen molar-refractivity contribution in [3.8, 4) is 0 Å². The summed E-state index contributed by atoms with van der Waals surface area (Å²) in [5, 5.41) is 1.48. The number of hydrogen-bond acceptors (Lipinski definition) is 2. The normalized spacial score (nSPS) is 14.9. The Morgan fingerprint density at radius 2 is 1.27 bits per heavy atom. The molecule has 3 aromatic carbocycles. The van der Waals surface area contributed by atoms with Crippen molar-refractivity contribution in [3.63, 3.8) is 0 Å². The predicted octanol–water partition coefficient (Wildman–Crippen LogP) is 6.18. The standard InChI is InChI=1S/C27H29N2P/c1-20-16-21(2)26(22(3)17-20)30(25-18-28(4)19-29(25)5)27(23-12-8-6-9-13-23)24-14-10-7-11-15-24/h6-18,27H,1-5H3. The Morgan fingerprint density at radius 3 is 1.70 bits per heavy atom. The molecular weight excluding hydrogens is 383 g/mol. The highest BCUT2D eigenvalue weighted by molar-refractivity contribution is 7.70. The van der Waals surface area contributed by atoms with Gasteiger partial charge in [0, 0.05) is 26.0 Å². The second-order valence-electron chi connectivity index (χ2n) is 8.10. The molecule has 0 aliphatic carbocycles. The van der Waals surface area contributed by atoms with E-state index in [1.54, 1.807) is 0 Å². The first-order chi connectivity index (χ1) is 14.5. The van der Waals surface area contributed by atoms with Crippen LogP contribution in [0, 0.1) is 27.4 Å². The van der Waals surface area contributed by atoms with E-state index in [4.69, 9.17) is 0 Å². The average Bonchev–Trinajstić information content (AvgIpc) is 3.05. The summed E-state index contributed by atoms with van der Waals surface area (Å²) in [5.41, 5.74) is 8.39. The summed E-state index contributed by atoms with van der Waals surface area (Å²) in [4.78, 5) is 4.24. The highest BCUT2D eigenvalue weighted by Gasteiger charge is 2.35. The van der Waals surface area contributed by atoms with Crippen LogP contribution in [0.25, 0.3) is 0 Å². The average molecular weight is 413 g/mol. The van der Waals surface area contributed by atoms with Crippen LogP contribution in [0.4, 0.5) is 0 Å². The molecular formula is C27H29N2P. The van der Waals surface area contributed by atoms with E-state index >= 15 is 0 Å². The molecule has 4 rings (SSSR count). The van der Waals surface area contributed by atoms with E-state index in [0.717, 1.165) is 0 Å². The van der Waals surface area contributed by atoms with Gasteiger partial charge in [-0.25, -0.2) is 0 Å². The minimum atomic E-state index is -0.710. The van der Waals surface area contributed by atoms with Gasteiger partial charge in [0.1, 0.15) is 0 Å². The van der Waals surface area contributed by atoms with Crippen LogP contribution in [0.15, 0.2) is 84.4 Å². The first kappa shape index (κ1) is 20.7. The number of nitrogens with zero attached hydrogens (tertiary/aromatic N) is 2. The zero-order chi connectivity index (χ0) is 21.3. The molecule has 152 valence electrons. The molecule has 1 heterocycles. The Morgan fingerprint density at radius 1 is 0.767 bits per heavy atom. The summed E-state index contributed by atoms with van der Waals surface area (Å²) in [7, 11) is 3.47. The van der Waals surface area contributed by atoms with Crippen molar-refractivity contribution >= 4 is 13.2 Å². The highest BCUT2D eigenvalue weighted by Crippen LogP contribution is 2.62. The fourth-order valence-electron chi connectivity index (χ4n) is 4.49. The molecule has 30 heavy (non-hydrogen) atoms. The third-order valence-corrected chi connectivity index (χ3v) is 8.78. The second kappa shape index (κ2) is 8.66. The summed E-state index contributed by atoms with van der Waals surface area (Å²) in [6, 6.07) is 26.6. The minimum Gasteiger partial charge on any atom is -0.349 e. The summed E-state index contributed by atoms with van der Waals surface area (Å²) in [5.74, 6) is 0. The predicted molar refractivity (Wildman–Crippen MR) is 129 cm³/mol. The Bertz CT molecular complexity index is 980. The quantitative estimate of drug-likeness (QED) is 0.462. The van der Waals surface area contributed by atoms with Crippen LogP contribution in [0.5, 0.6) is 0 Å². The molecule has 1 aliphatic heterocycles. The van der Waals surface area contributed by atoms with Gasteiger partial charge in [0.05, 0.1) is 5.44 Å². The van der Waals surface area contributed by atoms with Crippen LogP contribution in [-0.2, 0) is 0 Å². The number of hydrogen-bond donors (Lipinski definition) is 0. The van der Waals surface area contributed by atoms with E-state index in [-0.39, 0.29) is 5.66 Å². The number of benzene rings is 3. The van der Waals surface area contributed by atoms with Crippen LogP contribution >= 0.6 is 7.92 Å². The maximum absolute atomic E-state index is 3.42. The zero-order valence-corrected chi connectivity index (χ0v) is 19.3. The summed E-state index contributed by atoms with van der Waals surface area (Å²) in [6.07, 6.45) is 2.25. The van der Waals surface area contributed by atoms with Crippen molar-refractivity contribution in [3.05, 3.63) is 119 Å². The first-order valence-electron chi connectivity index (χ1n) is 10.4. The van der Waals surface area contributed by atoms with E-state index in [1.807, 2.05) is 0 Å². The molecule has 0 N–H and O–H groups in total. The van der Waals surface area contributed by atoms with Gasteiger partial charge in [-0.15, -0.1) is 0 Å². The van der Waals surface area contributed by atoms with Crippen LogP contribution < -0.4 is 5.30 Å². The minimum absolute atomic E-state index is 0.268. The van der Waals surface area contributed by atoms with E-state index in [2.05, 4.69) is 130 Å². The molecule has 0 saturated heterocycles. The van der Waals surface area contributed by atoms with Gasteiger partial charge in [-0.3, -0.25) is 0 Å².